The molecule has 6 nitrogen and oxygen atoms in total. The molecule has 0 aliphatic heterocycles. The molecule has 110 valence electrons. The predicted octanol–water partition coefficient (Wildman–Crippen LogP) is 1.85. The smallest absolute Gasteiger partial charge is 0.338 e. The van der Waals surface area contributed by atoms with E-state index in [1.165, 1.54) is 0 Å². The lowest BCUT2D eigenvalue weighted by molar-refractivity contribution is -0.134. The van der Waals surface area contributed by atoms with Crippen LogP contribution in [0, 0.1) is 4.78 Å². The zero-order chi connectivity index (χ0) is 14.5. The van der Waals surface area contributed by atoms with Crippen LogP contribution in [-0.4, -0.2) is 32.0 Å². The lowest BCUT2D eigenvalue weighted by atomic mass is 10.2. The van der Waals surface area contributed by atoms with E-state index in [0.717, 1.165) is 6.33 Å². The molecule has 1 aromatic rings. The number of halogens is 3. The summed E-state index contributed by atoms with van der Waals surface area (Å²) in [6.45, 7) is 0. The van der Waals surface area contributed by atoms with Gasteiger partial charge in [-0.05, 0) is 12.8 Å². The van der Waals surface area contributed by atoms with Crippen molar-refractivity contribution in [1.82, 2.24) is 10.1 Å². The first kappa shape index (κ1) is 15.9. The van der Waals surface area contributed by atoms with Gasteiger partial charge in [-0.3, -0.25) is 4.78 Å². The van der Waals surface area contributed by atoms with Crippen LogP contribution in [0.1, 0.15) is 31.2 Å². The van der Waals surface area contributed by atoms with Gasteiger partial charge in [0.05, 0.1) is 6.04 Å². The molecule has 1 heterocycles. The van der Waals surface area contributed by atoms with Gasteiger partial charge >= 0.3 is 6.18 Å². The van der Waals surface area contributed by atoms with Gasteiger partial charge < -0.3 is 10.3 Å². The van der Waals surface area contributed by atoms with Gasteiger partial charge in [0.25, 0.3) is 0 Å². The monoisotopic (exact) mass is 300 g/mol. The second-order valence-corrected chi connectivity index (χ2v) is 6.55. The van der Waals surface area contributed by atoms with Crippen molar-refractivity contribution in [3.05, 3.63) is 12.2 Å². The number of nitrogens with two attached hydrogens (primary N) is 1. The Morgan fingerprint density at radius 2 is 2.16 bits per heavy atom. The topological polar surface area (TPSA) is 106 Å². The average molecular weight is 300 g/mol. The van der Waals surface area contributed by atoms with Crippen molar-refractivity contribution in [2.75, 3.05) is 11.5 Å². The third-order valence-corrected chi connectivity index (χ3v) is 4.23. The first-order valence-electron chi connectivity index (χ1n) is 5.53. The first-order chi connectivity index (χ1) is 8.70. The van der Waals surface area contributed by atoms with Crippen molar-refractivity contribution in [2.24, 2.45) is 5.73 Å². The molecule has 3 N–H and O–H groups in total. The highest BCUT2D eigenvalue weighted by Gasteiger charge is 2.27. The highest BCUT2D eigenvalue weighted by molar-refractivity contribution is 7.92. The largest absolute Gasteiger partial charge is 0.389 e. The van der Waals surface area contributed by atoms with Crippen molar-refractivity contribution in [3.63, 3.8) is 0 Å². The Hall–Kier alpha value is -1.16. The molecule has 0 spiro atoms. The number of alkyl halides is 3. The summed E-state index contributed by atoms with van der Waals surface area (Å²) >= 11 is 0. The van der Waals surface area contributed by atoms with E-state index in [1.54, 1.807) is 0 Å². The third kappa shape index (κ3) is 6.53. The summed E-state index contributed by atoms with van der Waals surface area (Å²) in [7, 11) is -3.06. The van der Waals surface area contributed by atoms with E-state index in [0.29, 0.717) is 0 Å². The maximum absolute atomic E-state index is 11.9. The molecule has 0 aliphatic rings. The van der Waals surface area contributed by atoms with Gasteiger partial charge in [0.15, 0.2) is 6.33 Å². The number of nitrogens with one attached hydrogen (secondary N) is 1. The average Bonchev–Trinajstić information content (AvgIpc) is 2.77. The van der Waals surface area contributed by atoms with Crippen molar-refractivity contribution in [3.8, 4) is 0 Å². The molecular weight excluding hydrogens is 285 g/mol. The Kier molecular flexibility index (Phi) is 5.29. The fourth-order valence-corrected chi connectivity index (χ4v) is 2.84. The number of nitrogens with zero attached hydrogens (tertiary/aromatic N) is 2. The summed E-state index contributed by atoms with van der Waals surface area (Å²) in [5.41, 5.74) is 5.66. The predicted molar refractivity (Wildman–Crippen MR) is 61.7 cm³/mol. The lowest BCUT2D eigenvalue weighted by Gasteiger charge is -2.11. The minimum atomic E-state index is -4.28. The van der Waals surface area contributed by atoms with Gasteiger partial charge in [-0.25, -0.2) is 4.21 Å². The van der Waals surface area contributed by atoms with Crippen LogP contribution < -0.4 is 5.73 Å². The van der Waals surface area contributed by atoms with Crippen molar-refractivity contribution >= 4 is 9.73 Å². The standard InChI is InChI=1S/C9H15F3N4O2S/c10-9(11,12)3-1-4-19(14,17)5-2-7(13)8-15-6-16-18-8/h6-7,14H,1-5,13H2/t7-,19?/m0/s1. The molecule has 19 heavy (non-hydrogen) atoms. The molecule has 0 bridgehead atoms. The lowest BCUT2D eigenvalue weighted by Crippen LogP contribution is -2.19. The zero-order valence-electron chi connectivity index (χ0n) is 10.0. The normalized spacial score (nSPS) is 17.1. The molecule has 1 rings (SSSR count). The second-order valence-electron chi connectivity index (χ2n) is 4.11. The van der Waals surface area contributed by atoms with Gasteiger partial charge in [-0.1, -0.05) is 5.16 Å². The van der Waals surface area contributed by atoms with Crippen molar-refractivity contribution < 1.29 is 21.9 Å². The molecule has 0 saturated carbocycles. The summed E-state index contributed by atoms with van der Waals surface area (Å²) in [4.78, 5) is 3.71. The molecule has 0 amide bonds. The van der Waals surface area contributed by atoms with Crippen LogP contribution in [0.4, 0.5) is 13.2 Å². The number of aromatic nitrogens is 2. The quantitative estimate of drug-likeness (QED) is 0.799. The van der Waals surface area contributed by atoms with Crippen LogP contribution in [0.3, 0.4) is 0 Å². The van der Waals surface area contributed by atoms with Crippen LogP contribution >= 0.6 is 0 Å². The van der Waals surface area contributed by atoms with E-state index in [9.17, 15) is 17.4 Å². The second kappa shape index (κ2) is 6.33. The van der Waals surface area contributed by atoms with Crippen LogP contribution in [0.5, 0.6) is 0 Å². The minimum absolute atomic E-state index is 0.0889. The zero-order valence-corrected chi connectivity index (χ0v) is 10.8. The molecule has 10 heteroatoms. The fourth-order valence-electron chi connectivity index (χ4n) is 1.39. The maximum Gasteiger partial charge on any atom is 0.389 e. The Labute approximate surface area is 108 Å². The SMILES string of the molecule is N=S(=O)(CCCC(F)(F)F)CC[C@H](N)c1ncno1. The Morgan fingerprint density at radius 1 is 1.47 bits per heavy atom. The molecule has 0 radical (unpaired) electrons. The number of hydrogen-bond donors (Lipinski definition) is 2. The third-order valence-electron chi connectivity index (χ3n) is 2.39. The fraction of sp³-hybridized carbons (Fsp3) is 0.778. The molecule has 0 fully saturated rings. The number of rotatable bonds is 7. The van der Waals surface area contributed by atoms with Crippen LogP contribution in [0.25, 0.3) is 0 Å². The van der Waals surface area contributed by atoms with E-state index in [2.05, 4.69) is 10.1 Å². The van der Waals surface area contributed by atoms with Gasteiger partial charge in [0, 0.05) is 27.7 Å². The summed E-state index contributed by atoms with van der Waals surface area (Å²) in [6, 6.07) is -0.656. The summed E-state index contributed by atoms with van der Waals surface area (Å²) in [5.74, 6) is -0.220. The summed E-state index contributed by atoms with van der Waals surface area (Å²) in [5, 5.41) is 3.36. The highest BCUT2D eigenvalue weighted by atomic mass is 32.2. The number of hydrogen-bond acceptors (Lipinski definition) is 6. The van der Waals surface area contributed by atoms with Gasteiger partial charge in [0.2, 0.25) is 5.89 Å². The first-order valence-corrected chi connectivity index (χ1v) is 7.42. The Balaban J connectivity index is 2.35. The molecule has 1 aromatic heterocycles. The molecule has 0 aromatic carbocycles. The Morgan fingerprint density at radius 3 is 2.68 bits per heavy atom. The summed E-state index contributed by atoms with van der Waals surface area (Å²) < 4.78 is 59.7. The van der Waals surface area contributed by atoms with E-state index in [4.69, 9.17) is 15.0 Å². The van der Waals surface area contributed by atoms with Crippen LogP contribution in [0.2, 0.25) is 0 Å². The van der Waals surface area contributed by atoms with Crippen LogP contribution in [0.15, 0.2) is 10.9 Å². The Bertz CT molecular complexity index is 472. The molecular formula is C9H15F3N4O2S. The molecule has 1 unspecified atom stereocenters. The van der Waals surface area contributed by atoms with Gasteiger partial charge in [-0.15, -0.1) is 0 Å². The maximum atomic E-state index is 11.9. The highest BCUT2D eigenvalue weighted by Crippen LogP contribution is 2.22. The molecule has 2 atom stereocenters. The van der Waals surface area contributed by atoms with Gasteiger partial charge in [0.1, 0.15) is 0 Å². The van der Waals surface area contributed by atoms with E-state index >= 15 is 0 Å². The van der Waals surface area contributed by atoms with E-state index < -0.39 is 28.4 Å². The van der Waals surface area contributed by atoms with Gasteiger partial charge in [-0.2, -0.15) is 18.2 Å². The molecule has 0 saturated heterocycles. The van der Waals surface area contributed by atoms with Crippen LogP contribution in [-0.2, 0) is 9.73 Å². The van der Waals surface area contributed by atoms with E-state index in [-0.39, 0.29) is 30.2 Å². The summed E-state index contributed by atoms with van der Waals surface area (Å²) in [6.07, 6.45) is -4.32. The van der Waals surface area contributed by atoms with E-state index in [1.807, 2.05) is 0 Å². The van der Waals surface area contributed by atoms with Crippen molar-refractivity contribution in [1.29, 1.82) is 4.78 Å². The minimum Gasteiger partial charge on any atom is -0.338 e. The molecule has 0 aliphatic carbocycles. The van der Waals surface area contributed by atoms with Crippen molar-refractivity contribution in [2.45, 2.75) is 31.5 Å².